The van der Waals surface area contributed by atoms with Crippen LogP contribution < -0.4 is 0 Å². The van der Waals surface area contributed by atoms with Gasteiger partial charge >= 0.3 is 0 Å². The average Bonchev–Trinajstić information content (AvgIpc) is 3.25. The Hall–Kier alpha value is -2.19. The number of β-amino-alcohol motifs (C(OH)–C–C–N with tert-alkyl or cyclic N) is 1. The number of aliphatic hydroxyl groups excluding tert-OH is 1. The van der Waals surface area contributed by atoms with E-state index in [1.165, 1.54) is 0 Å². The highest BCUT2D eigenvalue weighted by atomic mass is 16.4. The Morgan fingerprint density at radius 2 is 2.12 bits per heavy atom. The highest BCUT2D eigenvalue weighted by Gasteiger charge is 2.38. The second-order valence-electron chi connectivity index (χ2n) is 6.03. The largest absolute Gasteiger partial charge is 0.456 e. The van der Waals surface area contributed by atoms with Gasteiger partial charge in [-0.2, -0.15) is 0 Å². The van der Waals surface area contributed by atoms with Crippen LogP contribution in [0, 0.1) is 13.8 Å². The summed E-state index contributed by atoms with van der Waals surface area (Å²) in [7, 11) is 0. The predicted molar refractivity (Wildman–Crippen MR) is 84.3 cm³/mol. The lowest BCUT2D eigenvalue weighted by Crippen LogP contribution is -2.43. The number of hydrogen-bond acceptors (Lipinski definition) is 7. The first-order chi connectivity index (χ1) is 11.5. The van der Waals surface area contributed by atoms with Crippen molar-refractivity contribution in [1.82, 2.24) is 20.0 Å². The normalized spacial score (nSPS) is 21.0. The highest BCUT2D eigenvalue weighted by molar-refractivity contribution is 5.91. The number of aryl methyl sites for hydroxylation is 2. The van der Waals surface area contributed by atoms with E-state index in [1.54, 1.807) is 30.9 Å². The first kappa shape index (κ1) is 16.7. The van der Waals surface area contributed by atoms with Gasteiger partial charge in [-0.1, -0.05) is 6.92 Å². The molecule has 0 bridgehead atoms. The van der Waals surface area contributed by atoms with Gasteiger partial charge in [-0.3, -0.25) is 9.69 Å². The maximum Gasteiger partial charge on any atom is 0.289 e. The van der Waals surface area contributed by atoms with Crippen LogP contribution in [-0.2, 0) is 6.54 Å². The molecule has 8 heteroatoms. The van der Waals surface area contributed by atoms with Crippen molar-refractivity contribution < 1.29 is 18.7 Å². The van der Waals surface area contributed by atoms with Crippen LogP contribution in [0.1, 0.15) is 35.0 Å². The van der Waals surface area contributed by atoms with Gasteiger partial charge in [0, 0.05) is 20.0 Å². The summed E-state index contributed by atoms with van der Waals surface area (Å²) in [6, 6.07) is 3.24. The summed E-state index contributed by atoms with van der Waals surface area (Å²) in [6.45, 7) is 7.39. The SMILES string of the molecule is CCN(Cc1nnc(C)o1)C1CN(C(=O)c2ccc(C)o2)C[C@H]1O. The molecule has 0 aromatic carbocycles. The molecule has 1 aliphatic heterocycles. The molecule has 1 saturated heterocycles. The molecular formula is C16H22N4O4. The lowest BCUT2D eigenvalue weighted by Gasteiger charge is -2.27. The zero-order chi connectivity index (χ0) is 17.3. The van der Waals surface area contributed by atoms with Crippen LogP contribution in [0.4, 0.5) is 0 Å². The number of aromatic nitrogens is 2. The van der Waals surface area contributed by atoms with Crippen molar-refractivity contribution in [1.29, 1.82) is 0 Å². The van der Waals surface area contributed by atoms with Crippen LogP contribution in [0.3, 0.4) is 0 Å². The smallest absolute Gasteiger partial charge is 0.289 e. The molecule has 130 valence electrons. The molecule has 0 saturated carbocycles. The molecule has 3 rings (SSSR count). The molecule has 1 fully saturated rings. The Morgan fingerprint density at radius 3 is 2.71 bits per heavy atom. The van der Waals surface area contributed by atoms with Gasteiger partial charge in [-0.15, -0.1) is 10.2 Å². The molecular weight excluding hydrogens is 312 g/mol. The number of nitrogens with zero attached hydrogens (tertiary/aromatic N) is 4. The molecule has 2 aromatic rings. The second kappa shape index (κ2) is 6.74. The van der Waals surface area contributed by atoms with Gasteiger partial charge in [0.15, 0.2) is 5.76 Å². The molecule has 0 radical (unpaired) electrons. The van der Waals surface area contributed by atoms with E-state index < -0.39 is 6.10 Å². The van der Waals surface area contributed by atoms with E-state index in [0.717, 1.165) is 0 Å². The predicted octanol–water partition coefficient (Wildman–Crippen LogP) is 0.987. The van der Waals surface area contributed by atoms with Gasteiger partial charge in [0.1, 0.15) is 5.76 Å². The van der Waals surface area contributed by atoms with Gasteiger partial charge in [0.2, 0.25) is 11.8 Å². The van der Waals surface area contributed by atoms with E-state index in [2.05, 4.69) is 10.2 Å². The molecule has 0 aliphatic carbocycles. The number of amides is 1. The zero-order valence-corrected chi connectivity index (χ0v) is 14.1. The zero-order valence-electron chi connectivity index (χ0n) is 14.1. The van der Waals surface area contributed by atoms with Crippen molar-refractivity contribution in [3.63, 3.8) is 0 Å². The minimum absolute atomic E-state index is 0.179. The number of rotatable bonds is 5. The lowest BCUT2D eigenvalue weighted by molar-refractivity contribution is 0.0724. The van der Waals surface area contributed by atoms with Crippen LogP contribution in [0.5, 0.6) is 0 Å². The van der Waals surface area contributed by atoms with Crippen LogP contribution in [-0.4, -0.2) is 62.8 Å². The van der Waals surface area contributed by atoms with Gasteiger partial charge in [0.05, 0.1) is 18.7 Å². The summed E-state index contributed by atoms with van der Waals surface area (Å²) in [6.07, 6.45) is -0.631. The van der Waals surface area contributed by atoms with E-state index in [-0.39, 0.29) is 18.5 Å². The topological polar surface area (TPSA) is 95.8 Å². The van der Waals surface area contributed by atoms with Gasteiger partial charge in [0.25, 0.3) is 5.91 Å². The number of aliphatic hydroxyl groups is 1. The Bertz CT molecular complexity index is 711. The minimum atomic E-state index is -0.631. The first-order valence-corrected chi connectivity index (χ1v) is 8.04. The summed E-state index contributed by atoms with van der Waals surface area (Å²) in [5, 5.41) is 18.2. The molecule has 1 aliphatic rings. The number of likely N-dealkylation sites (N-methyl/N-ethyl adjacent to an activating group) is 1. The van der Waals surface area contributed by atoms with Crippen molar-refractivity contribution in [2.45, 2.75) is 39.5 Å². The Kier molecular flexibility index (Phi) is 4.68. The van der Waals surface area contributed by atoms with E-state index in [1.807, 2.05) is 11.8 Å². The van der Waals surface area contributed by atoms with Crippen molar-refractivity contribution in [3.05, 3.63) is 35.4 Å². The third-order valence-corrected chi connectivity index (χ3v) is 4.28. The van der Waals surface area contributed by atoms with Crippen LogP contribution in [0.2, 0.25) is 0 Å². The molecule has 3 heterocycles. The molecule has 8 nitrogen and oxygen atoms in total. The Morgan fingerprint density at radius 1 is 1.33 bits per heavy atom. The number of furan rings is 1. The van der Waals surface area contributed by atoms with Crippen LogP contribution in [0.15, 0.2) is 21.0 Å². The van der Waals surface area contributed by atoms with Crippen molar-refractivity contribution >= 4 is 5.91 Å². The van der Waals surface area contributed by atoms with Crippen LogP contribution in [0.25, 0.3) is 0 Å². The van der Waals surface area contributed by atoms with Gasteiger partial charge in [-0.25, -0.2) is 0 Å². The molecule has 2 atom stereocenters. The summed E-state index contributed by atoms with van der Waals surface area (Å²) in [5.41, 5.74) is 0. The number of hydrogen-bond donors (Lipinski definition) is 1. The molecule has 24 heavy (non-hydrogen) atoms. The maximum atomic E-state index is 12.5. The lowest BCUT2D eigenvalue weighted by atomic mass is 10.2. The van der Waals surface area contributed by atoms with E-state index >= 15 is 0 Å². The van der Waals surface area contributed by atoms with Crippen molar-refractivity contribution in [2.75, 3.05) is 19.6 Å². The standard InChI is InChI=1S/C16H22N4O4/c1-4-19(9-15-18-17-11(3)24-15)12-7-20(8-13(12)21)16(22)14-6-5-10(2)23-14/h5-6,12-13,21H,4,7-9H2,1-3H3/t12?,13-/m1/s1. The summed E-state index contributed by atoms with van der Waals surface area (Å²) in [5.74, 6) is 1.81. The van der Waals surface area contributed by atoms with Crippen LogP contribution >= 0.6 is 0 Å². The molecule has 2 aromatic heterocycles. The molecule has 1 amide bonds. The van der Waals surface area contributed by atoms with Crippen molar-refractivity contribution in [3.8, 4) is 0 Å². The third-order valence-electron chi connectivity index (χ3n) is 4.28. The molecule has 1 unspecified atom stereocenters. The quantitative estimate of drug-likeness (QED) is 0.871. The Labute approximate surface area is 140 Å². The first-order valence-electron chi connectivity index (χ1n) is 8.04. The Balaban J connectivity index is 1.68. The third kappa shape index (κ3) is 3.34. The molecule has 0 spiro atoms. The van der Waals surface area contributed by atoms with Gasteiger partial charge in [-0.05, 0) is 25.6 Å². The number of carbonyl (C=O) groups is 1. The summed E-state index contributed by atoms with van der Waals surface area (Å²) in [4.78, 5) is 16.1. The van der Waals surface area contributed by atoms with E-state index in [4.69, 9.17) is 8.83 Å². The molecule has 1 N–H and O–H groups in total. The minimum Gasteiger partial charge on any atom is -0.456 e. The van der Waals surface area contributed by atoms with E-state index in [0.29, 0.717) is 42.9 Å². The maximum absolute atomic E-state index is 12.5. The van der Waals surface area contributed by atoms with Crippen molar-refractivity contribution in [2.24, 2.45) is 0 Å². The van der Waals surface area contributed by atoms with Gasteiger partial charge < -0.3 is 18.8 Å². The van der Waals surface area contributed by atoms with E-state index in [9.17, 15) is 9.90 Å². The highest BCUT2D eigenvalue weighted by Crippen LogP contribution is 2.21. The fraction of sp³-hybridized carbons (Fsp3) is 0.562. The second-order valence-corrected chi connectivity index (χ2v) is 6.03. The average molecular weight is 334 g/mol. The fourth-order valence-corrected chi connectivity index (χ4v) is 3.04. The number of carbonyl (C=O) groups excluding carboxylic acids is 1. The summed E-state index contributed by atoms with van der Waals surface area (Å²) < 4.78 is 10.8. The monoisotopic (exact) mass is 334 g/mol. The fourth-order valence-electron chi connectivity index (χ4n) is 3.04. The number of likely N-dealkylation sites (tertiary alicyclic amines) is 1. The summed E-state index contributed by atoms with van der Waals surface area (Å²) >= 11 is 0.